The van der Waals surface area contributed by atoms with E-state index in [2.05, 4.69) is 22.3 Å². The van der Waals surface area contributed by atoms with Crippen LogP contribution in [0, 0.1) is 12.1 Å². The zero-order chi connectivity index (χ0) is 15.5. The Morgan fingerprint density at radius 1 is 0.833 bits per heavy atom. The van der Waals surface area contributed by atoms with Gasteiger partial charge in [0.15, 0.2) is 0 Å². The van der Waals surface area contributed by atoms with E-state index in [0.717, 1.165) is 22.6 Å². The minimum Gasteiger partial charge on any atom is -0.276 e. The van der Waals surface area contributed by atoms with E-state index >= 15 is 0 Å². The standard InChI is InChI=1S/C19H14N4.Pt/c1-3-7-16(8-4-1)19-12-13-22(21-19)15-17-11-14-23(20-17)18-9-5-2-6-10-18;/h1-7,9,11-14H,15H2;/q-2;+2. The van der Waals surface area contributed by atoms with Crippen LogP contribution < -0.4 is 0 Å². The topological polar surface area (TPSA) is 35.6 Å². The molecule has 4 aromatic rings. The fourth-order valence-electron chi connectivity index (χ4n) is 2.42. The molecule has 0 amide bonds. The molecule has 0 bridgehead atoms. The summed E-state index contributed by atoms with van der Waals surface area (Å²) >= 11 is 0. The van der Waals surface area contributed by atoms with Gasteiger partial charge in [-0.05, 0) is 11.8 Å². The molecule has 0 aliphatic heterocycles. The molecule has 4 nitrogen and oxygen atoms in total. The van der Waals surface area contributed by atoms with E-state index in [1.165, 1.54) is 0 Å². The van der Waals surface area contributed by atoms with Crippen molar-refractivity contribution in [3.8, 4) is 16.9 Å². The van der Waals surface area contributed by atoms with Crippen molar-refractivity contribution in [2.45, 2.75) is 6.54 Å². The van der Waals surface area contributed by atoms with Crippen LogP contribution in [0.2, 0.25) is 0 Å². The smallest absolute Gasteiger partial charge is 0.276 e. The summed E-state index contributed by atoms with van der Waals surface area (Å²) in [5.41, 5.74) is 3.80. The number of rotatable bonds is 4. The van der Waals surface area contributed by atoms with Gasteiger partial charge in [0.05, 0.1) is 12.2 Å². The molecule has 0 fully saturated rings. The van der Waals surface area contributed by atoms with Gasteiger partial charge in [-0.2, -0.15) is 29.4 Å². The Labute approximate surface area is 155 Å². The monoisotopic (exact) mass is 493 g/mol. The van der Waals surface area contributed by atoms with Gasteiger partial charge in [0.2, 0.25) is 0 Å². The second-order valence-electron chi connectivity index (χ2n) is 5.17. The fraction of sp³-hybridized carbons (Fsp3) is 0.0526. The Morgan fingerprint density at radius 2 is 1.67 bits per heavy atom. The maximum Gasteiger partial charge on any atom is 2.00 e. The molecule has 0 spiro atoms. The van der Waals surface area contributed by atoms with E-state index in [1.807, 2.05) is 82.4 Å². The molecule has 0 saturated heterocycles. The van der Waals surface area contributed by atoms with Crippen LogP contribution >= 0.6 is 0 Å². The van der Waals surface area contributed by atoms with E-state index in [0.29, 0.717) is 6.54 Å². The number of hydrogen-bond acceptors (Lipinski definition) is 2. The molecular formula is C19H14N4Pt. The Morgan fingerprint density at radius 3 is 2.42 bits per heavy atom. The molecule has 2 aromatic carbocycles. The third-order valence-electron chi connectivity index (χ3n) is 3.53. The number of hydrogen-bond donors (Lipinski definition) is 0. The second kappa shape index (κ2) is 7.41. The average Bonchev–Trinajstić information content (AvgIpc) is 3.27. The summed E-state index contributed by atoms with van der Waals surface area (Å²) in [6, 6.07) is 26.0. The van der Waals surface area contributed by atoms with Gasteiger partial charge in [-0.15, -0.1) is 42.0 Å². The summed E-state index contributed by atoms with van der Waals surface area (Å²) in [4.78, 5) is 0. The van der Waals surface area contributed by atoms with E-state index < -0.39 is 0 Å². The zero-order valence-corrected chi connectivity index (χ0v) is 15.0. The Balaban J connectivity index is 0.00000169. The van der Waals surface area contributed by atoms with Crippen LogP contribution in [-0.2, 0) is 27.6 Å². The Hall–Kier alpha value is -2.45. The van der Waals surface area contributed by atoms with E-state index in [9.17, 15) is 0 Å². The second-order valence-corrected chi connectivity index (χ2v) is 5.17. The van der Waals surface area contributed by atoms with Crippen molar-refractivity contribution in [3.05, 3.63) is 90.9 Å². The van der Waals surface area contributed by atoms with E-state index in [4.69, 9.17) is 0 Å². The number of benzene rings is 2. The van der Waals surface area contributed by atoms with Gasteiger partial charge in [0.25, 0.3) is 0 Å². The first-order valence-corrected chi connectivity index (χ1v) is 7.41. The first-order valence-electron chi connectivity index (χ1n) is 7.41. The normalized spacial score (nSPS) is 10.3. The van der Waals surface area contributed by atoms with E-state index in [-0.39, 0.29) is 21.1 Å². The van der Waals surface area contributed by atoms with Crippen molar-refractivity contribution in [2.75, 3.05) is 0 Å². The molecular weight excluding hydrogens is 479 g/mol. The van der Waals surface area contributed by atoms with Gasteiger partial charge in [0, 0.05) is 18.1 Å². The van der Waals surface area contributed by atoms with E-state index in [1.54, 1.807) is 0 Å². The summed E-state index contributed by atoms with van der Waals surface area (Å²) in [7, 11) is 0. The van der Waals surface area contributed by atoms with Crippen molar-refractivity contribution < 1.29 is 21.1 Å². The molecule has 0 aliphatic carbocycles. The van der Waals surface area contributed by atoms with Crippen molar-refractivity contribution in [3.63, 3.8) is 0 Å². The van der Waals surface area contributed by atoms with Crippen LogP contribution in [0.3, 0.4) is 0 Å². The Kier molecular flexibility index (Phi) is 5.07. The first kappa shape index (κ1) is 16.4. The zero-order valence-electron chi connectivity index (χ0n) is 12.7. The van der Waals surface area contributed by atoms with Crippen molar-refractivity contribution in [1.29, 1.82) is 0 Å². The summed E-state index contributed by atoms with van der Waals surface area (Å²) in [5.74, 6) is 0. The Bertz CT molecular complexity index is 822. The average molecular weight is 493 g/mol. The van der Waals surface area contributed by atoms with Gasteiger partial charge in [-0.25, -0.2) is 5.10 Å². The molecule has 0 N–H and O–H groups in total. The molecule has 0 radical (unpaired) electrons. The number of aromatic nitrogens is 4. The van der Waals surface area contributed by atoms with Crippen LogP contribution in [-0.4, -0.2) is 19.6 Å². The summed E-state index contributed by atoms with van der Waals surface area (Å²) in [5, 5.41) is 9.16. The first-order chi connectivity index (χ1) is 11.4. The molecule has 4 rings (SSSR count). The number of nitrogens with zero attached hydrogens (tertiary/aromatic N) is 4. The van der Waals surface area contributed by atoms with Crippen molar-refractivity contribution in [1.82, 2.24) is 19.6 Å². The van der Waals surface area contributed by atoms with Gasteiger partial charge < -0.3 is 0 Å². The molecule has 120 valence electrons. The quantitative estimate of drug-likeness (QED) is 0.409. The van der Waals surface area contributed by atoms with Gasteiger partial charge >= 0.3 is 21.1 Å². The third-order valence-corrected chi connectivity index (χ3v) is 3.53. The molecule has 2 heterocycles. The van der Waals surface area contributed by atoms with Crippen LogP contribution in [0.1, 0.15) is 5.69 Å². The van der Waals surface area contributed by atoms with Gasteiger partial charge in [-0.3, -0.25) is 9.36 Å². The largest absolute Gasteiger partial charge is 2.00 e. The molecule has 24 heavy (non-hydrogen) atoms. The maximum atomic E-state index is 4.59. The molecule has 0 atom stereocenters. The van der Waals surface area contributed by atoms with Crippen LogP contribution in [0.5, 0.6) is 0 Å². The predicted octanol–water partition coefficient (Wildman–Crippen LogP) is 3.38. The summed E-state index contributed by atoms with van der Waals surface area (Å²) in [6.07, 6.45) is 3.90. The van der Waals surface area contributed by atoms with Gasteiger partial charge in [0.1, 0.15) is 0 Å². The maximum absolute atomic E-state index is 4.59. The van der Waals surface area contributed by atoms with Gasteiger partial charge in [-0.1, -0.05) is 6.07 Å². The van der Waals surface area contributed by atoms with Crippen molar-refractivity contribution in [2.24, 2.45) is 0 Å². The molecule has 0 unspecified atom stereocenters. The summed E-state index contributed by atoms with van der Waals surface area (Å²) in [6.45, 7) is 0.632. The minimum absolute atomic E-state index is 0. The van der Waals surface area contributed by atoms with Crippen molar-refractivity contribution >= 4 is 0 Å². The molecule has 2 aromatic heterocycles. The predicted molar refractivity (Wildman–Crippen MR) is 88.0 cm³/mol. The van der Waals surface area contributed by atoms with Crippen LogP contribution in [0.15, 0.2) is 73.1 Å². The summed E-state index contributed by atoms with van der Waals surface area (Å²) < 4.78 is 3.71. The molecule has 5 heteroatoms. The molecule has 0 saturated carbocycles. The van der Waals surface area contributed by atoms with Crippen LogP contribution in [0.4, 0.5) is 0 Å². The number of para-hydroxylation sites is 1. The SMILES string of the molecule is [Pt+2].[c-]1ccccc1-c1ccn(Cc2ccn(-c3[c-]cccc3)n2)n1. The fourth-order valence-corrected chi connectivity index (χ4v) is 2.42. The van der Waals surface area contributed by atoms with Crippen LogP contribution in [0.25, 0.3) is 16.9 Å². The third kappa shape index (κ3) is 3.55. The minimum atomic E-state index is 0. The molecule has 0 aliphatic rings.